The second-order valence-electron chi connectivity index (χ2n) is 4.00. The number of aromatic nitrogens is 2. The Morgan fingerprint density at radius 3 is 2.89 bits per heavy atom. The third-order valence-electron chi connectivity index (χ3n) is 2.38. The number of rotatable bonds is 5. The summed E-state index contributed by atoms with van der Waals surface area (Å²) >= 11 is 3.20. The lowest BCUT2D eigenvalue weighted by atomic mass is 10.3. The lowest BCUT2D eigenvalue weighted by molar-refractivity contribution is -0.128. The molecule has 0 bridgehead atoms. The van der Waals surface area contributed by atoms with E-state index in [1.807, 2.05) is 0 Å². The van der Waals surface area contributed by atoms with Crippen LogP contribution >= 0.6 is 15.9 Å². The Kier molecular flexibility index (Phi) is 5.57. The molecule has 0 aromatic carbocycles. The minimum atomic E-state index is -0.304. The van der Waals surface area contributed by atoms with Gasteiger partial charge in [0.05, 0.1) is 11.9 Å². The summed E-state index contributed by atoms with van der Waals surface area (Å²) in [4.78, 5) is 24.7. The Hall–Kier alpha value is -1.81. The van der Waals surface area contributed by atoms with Crippen LogP contribution in [0.4, 0.5) is 5.69 Å². The van der Waals surface area contributed by atoms with Gasteiger partial charge in [0, 0.05) is 27.1 Å². The number of hydrogen-bond acceptors (Lipinski definition) is 4. The number of hydrogen-bond donors (Lipinski definition) is 1. The Morgan fingerprint density at radius 1 is 1.63 bits per heavy atom. The molecule has 6 nitrogen and oxygen atoms in total. The topological polar surface area (TPSA) is 67.2 Å². The van der Waals surface area contributed by atoms with E-state index in [0.29, 0.717) is 23.1 Å². The van der Waals surface area contributed by atoms with Crippen molar-refractivity contribution in [2.45, 2.75) is 13.0 Å². The smallest absolute Gasteiger partial charge is 0.284 e. The zero-order valence-electron chi connectivity index (χ0n) is 10.8. The van der Waals surface area contributed by atoms with Crippen LogP contribution in [0, 0.1) is 12.3 Å². The van der Waals surface area contributed by atoms with Gasteiger partial charge in [0.25, 0.3) is 5.56 Å². The van der Waals surface area contributed by atoms with E-state index in [1.54, 1.807) is 14.1 Å². The van der Waals surface area contributed by atoms with Crippen molar-refractivity contribution in [2.24, 2.45) is 0 Å². The first kappa shape index (κ1) is 15.2. The number of carbonyl (C=O) groups excluding carboxylic acids is 1. The van der Waals surface area contributed by atoms with Crippen LogP contribution < -0.4 is 10.9 Å². The monoisotopic (exact) mass is 326 g/mol. The highest BCUT2D eigenvalue weighted by atomic mass is 79.9. The summed E-state index contributed by atoms with van der Waals surface area (Å²) in [6, 6.07) is 0. The molecule has 1 aromatic heterocycles. The van der Waals surface area contributed by atoms with Crippen LogP contribution in [0.3, 0.4) is 0 Å². The largest absolute Gasteiger partial charge is 0.382 e. The lowest BCUT2D eigenvalue weighted by Crippen LogP contribution is -2.26. The van der Waals surface area contributed by atoms with E-state index in [9.17, 15) is 9.59 Å². The van der Waals surface area contributed by atoms with Gasteiger partial charge in [-0.25, -0.2) is 4.68 Å². The van der Waals surface area contributed by atoms with Gasteiger partial charge in [-0.15, -0.1) is 6.42 Å². The van der Waals surface area contributed by atoms with Crippen LogP contribution in [0.15, 0.2) is 15.5 Å². The number of anilines is 1. The van der Waals surface area contributed by atoms with Gasteiger partial charge in [-0.05, 0) is 15.9 Å². The molecule has 1 rings (SSSR count). The highest BCUT2D eigenvalue weighted by molar-refractivity contribution is 9.10. The summed E-state index contributed by atoms with van der Waals surface area (Å²) in [5, 5.41) is 6.92. The summed E-state index contributed by atoms with van der Waals surface area (Å²) in [5.41, 5.74) is 0.242. The van der Waals surface area contributed by atoms with E-state index in [2.05, 4.69) is 32.3 Å². The van der Waals surface area contributed by atoms with E-state index in [-0.39, 0.29) is 18.0 Å². The zero-order valence-corrected chi connectivity index (χ0v) is 12.4. The minimum Gasteiger partial charge on any atom is -0.382 e. The molecule has 1 heterocycles. The van der Waals surface area contributed by atoms with Gasteiger partial charge in [0.15, 0.2) is 0 Å². The van der Waals surface area contributed by atoms with E-state index >= 15 is 0 Å². The second kappa shape index (κ2) is 6.95. The van der Waals surface area contributed by atoms with Gasteiger partial charge in [-0.1, -0.05) is 5.92 Å². The van der Waals surface area contributed by atoms with Crippen molar-refractivity contribution in [3.8, 4) is 12.3 Å². The predicted molar refractivity (Wildman–Crippen MR) is 76.8 cm³/mol. The van der Waals surface area contributed by atoms with Crippen LogP contribution in [-0.4, -0.2) is 41.2 Å². The van der Waals surface area contributed by atoms with Crippen molar-refractivity contribution in [1.82, 2.24) is 14.7 Å². The molecule has 1 amide bonds. The highest BCUT2D eigenvalue weighted by Crippen LogP contribution is 2.15. The van der Waals surface area contributed by atoms with Gasteiger partial charge < -0.3 is 10.2 Å². The Balaban J connectivity index is 2.71. The van der Waals surface area contributed by atoms with Crippen LogP contribution in [0.2, 0.25) is 0 Å². The van der Waals surface area contributed by atoms with E-state index in [0.717, 1.165) is 0 Å². The van der Waals surface area contributed by atoms with Gasteiger partial charge in [0.1, 0.15) is 11.0 Å². The average Bonchev–Trinajstić information content (AvgIpc) is 2.37. The number of nitrogens with one attached hydrogen (secondary N) is 1. The van der Waals surface area contributed by atoms with Crippen molar-refractivity contribution >= 4 is 27.5 Å². The summed E-state index contributed by atoms with van der Waals surface area (Å²) in [5.74, 6) is 2.36. The highest BCUT2D eigenvalue weighted by Gasteiger charge is 2.09. The molecule has 0 saturated heterocycles. The van der Waals surface area contributed by atoms with Crippen molar-refractivity contribution in [2.75, 3.05) is 26.0 Å². The first-order valence-corrected chi connectivity index (χ1v) is 6.39. The molecule has 0 saturated carbocycles. The number of amides is 1. The van der Waals surface area contributed by atoms with Crippen LogP contribution in [0.1, 0.15) is 6.42 Å². The first-order chi connectivity index (χ1) is 8.97. The van der Waals surface area contributed by atoms with Gasteiger partial charge in [-0.2, -0.15) is 5.10 Å². The molecule has 0 aliphatic heterocycles. The van der Waals surface area contributed by atoms with Crippen molar-refractivity contribution in [3.05, 3.63) is 21.0 Å². The molecule has 0 radical (unpaired) electrons. The molecular formula is C12H15BrN4O2. The fourth-order valence-electron chi connectivity index (χ4n) is 1.32. The van der Waals surface area contributed by atoms with Crippen molar-refractivity contribution < 1.29 is 4.79 Å². The fraction of sp³-hybridized carbons (Fsp3) is 0.417. The predicted octanol–water partition coefficient (Wildman–Crippen LogP) is 0.529. The van der Waals surface area contributed by atoms with Crippen LogP contribution in [-0.2, 0) is 11.3 Å². The molecule has 19 heavy (non-hydrogen) atoms. The molecular weight excluding hydrogens is 312 g/mol. The van der Waals surface area contributed by atoms with E-state index < -0.39 is 0 Å². The summed E-state index contributed by atoms with van der Waals surface area (Å²) in [6.45, 7) is 0.548. The SMILES string of the molecule is C#CCn1ncc(NCCC(=O)N(C)C)c(Br)c1=O. The van der Waals surface area contributed by atoms with Crippen LogP contribution in [0.25, 0.3) is 0 Å². The summed E-state index contributed by atoms with van der Waals surface area (Å²) < 4.78 is 1.54. The molecule has 1 aromatic rings. The maximum Gasteiger partial charge on any atom is 0.284 e. The van der Waals surface area contributed by atoms with Crippen LogP contribution in [0.5, 0.6) is 0 Å². The molecule has 7 heteroatoms. The number of carbonyl (C=O) groups is 1. The van der Waals surface area contributed by atoms with E-state index in [4.69, 9.17) is 6.42 Å². The average molecular weight is 327 g/mol. The molecule has 0 unspecified atom stereocenters. The third-order valence-corrected chi connectivity index (χ3v) is 3.15. The maximum absolute atomic E-state index is 11.8. The van der Waals surface area contributed by atoms with E-state index in [1.165, 1.54) is 15.8 Å². The number of terminal acetylenes is 1. The Bertz CT molecular complexity index is 560. The lowest BCUT2D eigenvalue weighted by Gasteiger charge is -2.12. The van der Waals surface area contributed by atoms with Gasteiger partial charge in [-0.3, -0.25) is 9.59 Å². The van der Waals surface area contributed by atoms with Crippen molar-refractivity contribution in [1.29, 1.82) is 0 Å². The molecule has 0 atom stereocenters. The van der Waals surface area contributed by atoms with Crippen molar-refractivity contribution in [3.63, 3.8) is 0 Å². The van der Waals surface area contributed by atoms with Gasteiger partial charge >= 0.3 is 0 Å². The number of nitrogens with zero attached hydrogens (tertiary/aromatic N) is 3. The third kappa shape index (κ3) is 4.10. The normalized spacial score (nSPS) is 9.79. The summed E-state index contributed by atoms with van der Waals surface area (Å²) in [6.07, 6.45) is 6.98. The molecule has 0 aliphatic rings. The molecule has 0 fully saturated rings. The standard InChI is InChI=1S/C12H15BrN4O2/c1-4-7-17-12(19)11(13)9(8-15-17)14-6-5-10(18)16(2)3/h1,8,14H,5-7H2,2-3H3. The minimum absolute atomic E-state index is 0.0113. The number of halogens is 1. The Labute approximate surface area is 119 Å². The zero-order chi connectivity index (χ0) is 14.4. The maximum atomic E-state index is 11.8. The second-order valence-corrected chi connectivity index (χ2v) is 4.80. The molecule has 102 valence electrons. The fourth-order valence-corrected chi connectivity index (χ4v) is 1.76. The molecule has 1 N–H and O–H groups in total. The summed E-state index contributed by atoms with van der Waals surface area (Å²) in [7, 11) is 3.39. The van der Waals surface area contributed by atoms with Gasteiger partial charge in [0.2, 0.25) is 5.91 Å². The molecule has 0 aliphatic carbocycles. The first-order valence-electron chi connectivity index (χ1n) is 5.60. The Morgan fingerprint density at radius 2 is 2.32 bits per heavy atom. The molecule has 0 spiro atoms. The quantitative estimate of drug-likeness (QED) is 0.801.